The number of nitrogens with one attached hydrogen (secondary N) is 1. The minimum absolute atomic E-state index is 0.0582. The van der Waals surface area contributed by atoms with Gasteiger partial charge in [0.2, 0.25) is 0 Å². The van der Waals surface area contributed by atoms with Gasteiger partial charge in [-0.15, -0.1) is 22.7 Å². The Bertz CT molecular complexity index is 1190. The summed E-state index contributed by atoms with van der Waals surface area (Å²) in [7, 11) is 3.62. The number of anilines is 1. The molecule has 0 spiro atoms. The molecule has 0 radical (unpaired) electrons. The maximum absolute atomic E-state index is 13.5. The summed E-state index contributed by atoms with van der Waals surface area (Å²) in [5.41, 5.74) is 3.84. The largest absolute Gasteiger partial charge is 0.544 e. The van der Waals surface area contributed by atoms with Crippen molar-refractivity contribution in [3.05, 3.63) is 57.4 Å². The van der Waals surface area contributed by atoms with Crippen molar-refractivity contribution in [3.8, 4) is 10.4 Å². The first-order chi connectivity index (χ1) is 16.7. The molecule has 1 unspecified atom stereocenters. The molecule has 1 atom stereocenters. The van der Waals surface area contributed by atoms with E-state index < -0.39 is 12.0 Å². The SMILES string of the molecule is CC1CCC(C(=O)C(c2cc(-c3ccc(NC(=O)c4cscn4)cc3)sc2C(=O)[O-])N(C)C)CC1. The lowest BCUT2D eigenvalue weighted by atomic mass is 9.78. The number of aromatic nitrogens is 1. The molecule has 4 rings (SSSR count). The van der Waals surface area contributed by atoms with Crippen molar-refractivity contribution in [3.63, 3.8) is 0 Å². The highest BCUT2D eigenvalue weighted by Crippen LogP contribution is 2.39. The summed E-state index contributed by atoms with van der Waals surface area (Å²) >= 11 is 2.46. The summed E-state index contributed by atoms with van der Waals surface area (Å²) in [4.78, 5) is 44.4. The van der Waals surface area contributed by atoms with Gasteiger partial charge in [0.15, 0.2) is 5.78 Å². The zero-order valence-electron chi connectivity index (χ0n) is 19.9. The third-order valence-corrected chi connectivity index (χ3v) is 8.30. The third-order valence-electron chi connectivity index (χ3n) is 6.54. The molecular formula is C26H28N3O4S2-. The number of carboxylic acids is 1. The van der Waals surface area contributed by atoms with Crippen LogP contribution in [0.4, 0.5) is 5.69 Å². The first-order valence-electron chi connectivity index (χ1n) is 11.6. The fourth-order valence-electron chi connectivity index (χ4n) is 4.60. The molecule has 1 amide bonds. The van der Waals surface area contributed by atoms with Crippen molar-refractivity contribution in [2.45, 2.75) is 38.6 Å². The number of likely N-dealkylation sites (N-methyl/N-ethyl adjacent to an activating group) is 1. The van der Waals surface area contributed by atoms with Crippen LogP contribution in [0.2, 0.25) is 0 Å². The molecule has 0 aliphatic heterocycles. The number of hydrogen-bond acceptors (Lipinski definition) is 8. The van der Waals surface area contributed by atoms with Crippen LogP contribution in [-0.4, -0.2) is 41.6 Å². The van der Waals surface area contributed by atoms with Crippen molar-refractivity contribution in [2.75, 3.05) is 19.4 Å². The van der Waals surface area contributed by atoms with Gasteiger partial charge in [0.25, 0.3) is 5.91 Å². The average Bonchev–Trinajstić information content (AvgIpc) is 3.51. The molecule has 1 aliphatic carbocycles. The van der Waals surface area contributed by atoms with E-state index in [0.29, 0.717) is 22.9 Å². The van der Waals surface area contributed by atoms with Gasteiger partial charge in [-0.05, 0) is 62.2 Å². The van der Waals surface area contributed by atoms with Gasteiger partial charge in [-0.1, -0.05) is 31.9 Å². The van der Waals surface area contributed by atoms with E-state index in [-0.39, 0.29) is 22.5 Å². The summed E-state index contributed by atoms with van der Waals surface area (Å²) in [6.45, 7) is 2.21. The second-order valence-electron chi connectivity index (χ2n) is 9.31. The number of thiazole rings is 1. The van der Waals surface area contributed by atoms with Gasteiger partial charge in [-0.2, -0.15) is 0 Å². The minimum Gasteiger partial charge on any atom is -0.544 e. The fraction of sp³-hybridized carbons (Fsp3) is 0.385. The number of amides is 1. The number of carbonyl (C=O) groups is 3. The highest BCUT2D eigenvalue weighted by molar-refractivity contribution is 7.17. The second-order valence-corrected chi connectivity index (χ2v) is 11.1. The van der Waals surface area contributed by atoms with Crippen LogP contribution in [0.1, 0.15) is 64.4 Å². The monoisotopic (exact) mass is 510 g/mol. The summed E-state index contributed by atoms with van der Waals surface area (Å²) < 4.78 is 0. The highest BCUT2D eigenvalue weighted by Gasteiger charge is 2.34. The van der Waals surface area contributed by atoms with Crippen LogP contribution < -0.4 is 10.4 Å². The molecule has 1 aliphatic rings. The van der Waals surface area contributed by atoms with E-state index in [9.17, 15) is 19.5 Å². The maximum Gasteiger partial charge on any atom is 0.275 e. The van der Waals surface area contributed by atoms with Gasteiger partial charge >= 0.3 is 0 Å². The normalized spacial score (nSPS) is 18.9. The van der Waals surface area contributed by atoms with E-state index in [1.165, 1.54) is 11.3 Å². The van der Waals surface area contributed by atoms with E-state index in [4.69, 9.17) is 0 Å². The van der Waals surface area contributed by atoms with Crippen LogP contribution in [0.25, 0.3) is 10.4 Å². The average molecular weight is 511 g/mol. The highest BCUT2D eigenvalue weighted by atomic mass is 32.1. The van der Waals surface area contributed by atoms with Crippen molar-refractivity contribution in [1.82, 2.24) is 9.88 Å². The van der Waals surface area contributed by atoms with Crippen LogP contribution in [-0.2, 0) is 4.79 Å². The van der Waals surface area contributed by atoms with Gasteiger partial charge in [0.05, 0.1) is 22.4 Å². The van der Waals surface area contributed by atoms with Crippen LogP contribution >= 0.6 is 22.7 Å². The van der Waals surface area contributed by atoms with Crippen molar-refractivity contribution < 1.29 is 19.5 Å². The molecular weight excluding hydrogens is 482 g/mol. The Hall–Kier alpha value is -2.88. The molecule has 2 heterocycles. The van der Waals surface area contributed by atoms with E-state index in [2.05, 4.69) is 17.2 Å². The molecule has 0 saturated heterocycles. The Morgan fingerprint density at radius 1 is 1.11 bits per heavy atom. The number of benzene rings is 1. The summed E-state index contributed by atoms with van der Waals surface area (Å²) in [6, 6.07) is 8.32. The minimum atomic E-state index is -1.28. The first-order valence-corrected chi connectivity index (χ1v) is 13.4. The van der Waals surface area contributed by atoms with E-state index in [0.717, 1.165) is 47.5 Å². The lowest BCUT2D eigenvalue weighted by molar-refractivity contribution is -0.254. The molecule has 1 aromatic carbocycles. The Balaban J connectivity index is 1.59. The molecule has 0 bridgehead atoms. The van der Waals surface area contributed by atoms with Crippen LogP contribution in [0.5, 0.6) is 0 Å². The molecule has 1 fully saturated rings. The predicted octanol–water partition coefficient (Wildman–Crippen LogP) is 4.49. The molecule has 7 nitrogen and oxygen atoms in total. The standard InChI is InChI=1S/C26H29N3O4S2/c1-15-4-6-17(7-5-15)23(30)22(29(2)3)19-12-21(35-24(19)26(32)33)16-8-10-18(11-9-16)28-25(31)20-13-34-14-27-20/h8-15,17,22H,4-7H2,1-3H3,(H,28,31)(H,32,33)/p-1. The molecule has 9 heteroatoms. The molecule has 3 aromatic rings. The van der Waals surface area contributed by atoms with Crippen LogP contribution in [0, 0.1) is 11.8 Å². The Morgan fingerprint density at radius 3 is 2.37 bits per heavy atom. The zero-order valence-corrected chi connectivity index (χ0v) is 21.6. The van der Waals surface area contributed by atoms with Crippen LogP contribution in [0.15, 0.2) is 41.2 Å². The van der Waals surface area contributed by atoms with Gasteiger partial charge in [0.1, 0.15) is 5.69 Å². The lowest BCUT2D eigenvalue weighted by Gasteiger charge is -2.31. The lowest BCUT2D eigenvalue weighted by Crippen LogP contribution is -2.35. The number of carboxylic acid groups (broad SMARTS) is 1. The molecule has 35 heavy (non-hydrogen) atoms. The van der Waals surface area contributed by atoms with Gasteiger partial charge in [0, 0.05) is 21.9 Å². The summed E-state index contributed by atoms with van der Waals surface area (Å²) in [5, 5.41) is 16.5. The molecule has 1 saturated carbocycles. The van der Waals surface area contributed by atoms with E-state index in [1.54, 1.807) is 34.0 Å². The number of thiophene rings is 1. The quantitative estimate of drug-likeness (QED) is 0.479. The summed E-state index contributed by atoms with van der Waals surface area (Å²) in [5.74, 6) is -0.926. The number of ketones is 1. The van der Waals surface area contributed by atoms with Crippen molar-refractivity contribution in [1.29, 1.82) is 0 Å². The molecule has 2 aromatic heterocycles. The topological polar surface area (TPSA) is 102 Å². The number of aromatic carboxylic acids is 1. The molecule has 1 N–H and O–H groups in total. The maximum atomic E-state index is 13.5. The third kappa shape index (κ3) is 5.69. The Kier molecular flexibility index (Phi) is 7.78. The van der Waals surface area contributed by atoms with Gasteiger partial charge < -0.3 is 15.2 Å². The van der Waals surface area contributed by atoms with E-state index >= 15 is 0 Å². The van der Waals surface area contributed by atoms with Gasteiger partial charge in [-0.25, -0.2) is 4.98 Å². The summed E-state index contributed by atoms with van der Waals surface area (Å²) in [6.07, 6.45) is 3.72. The first kappa shape index (κ1) is 25.2. The Morgan fingerprint density at radius 2 is 1.80 bits per heavy atom. The Labute approximate surface area is 212 Å². The zero-order chi connectivity index (χ0) is 25.1. The molecule has 184 valence electrons. The van der Waals surface area contributed by atoms with Gasteiger partial charge in [-0.3, -0.25) is 14.5 Å². The number of Topliss-reactive ketones (excluding diaryl/α,β-unsaturated/α-hetero) is 1. The number of nitrogens with zero attached hydrogens (tertiary/aromatic N) is 2. The smallest absolute Gasteiger partial charge is 0.275 e. The van der Waals surface area contributed by atoms with Crippen molar-refractivity contribution in [2.24, 2.45) is 11.8 Å². The van der Waals surface area contributed by atoms with Crippen LogP contribution in [0.3, 0.4) is 0 Å². The van der Waals surface area contributed by atoms with E-state index in [1.807, 2.05) is 26.2 Å². The number of rotatable bonds is 8. The predicted molar refractivity (Wildman–Crippen MR) is 137 cm³/mol. The number of carbonyl (C=O) groups excluding carboxylic acids is 3. The fourth-order valence-corrected chi connectivity index (χ4v) is 6.16. The second kappa shape index (κ2) is 10.8. The van der Waals surface area contributed by atoms with Crippen molar-refractivity contribution >= 4 is 46.0 Å². The number of hydrogen-bond donors (Lipinski definition) is 1.